The Balaban J connectivity index is 2.57. The maximum Gasteiger partial charge on any atom is 0.0595 e. The predicted molar refractivity (Wildman–Crippen MR) is 69.1 cm³/mol. The predicted octanol–water partition coefficient (Wildman–Crippen LogP) is 3.24. The molecule has 0 heterocycles. The third-order valence-corrected chi connectivity index (χ3v) is 3.23. The van der Waals surface area contributed by atoms with Gasteiger partial charge >= 0.3 is 0 Å². The van der Waals surface area contributed by atoms with Crippen molar-refractivity contribution in [3.63, 3.8) is 0 Å². The second kappa shape index (κ2) is 5.87. The van der Waals surface area contributed by atoms with Gasteiger partial charge in [-0.15, -0.1) is 0 Å². The molecule has 0 aromatic heterocycles. The highest BCUT2D eigenvalue weighted by Crippen LogP contribution is 2.22. The van der Waals surface area contributed by atoms with Crippen molar-refractivity contribution in [1.82, 2.24) is 5.32 Å². The lowest BCUT2D eigenvalue weighted by atomic mass is 10.0. The highest BCUT2D eigenvalue weighted by atomic mass is 35.5. The molecule has 90 valence electrons. The average Bonchev–Trinajstić information content (AvgIpc) is 2.20. The van der Waals surface area contributed by atoms with Crippen molar-refractivity contribution in [2.75, 3.05) is 6.61 Å². The molecule has 16 heavy (non-hydrogen) atoms. The van der Waals surface area contributed by atoms with Crippen LogP contribution in [0.25, 0.3) is 0 Å². The molecule has 1 aromatic carbocycles. The van der Waals surface area contributed by atoms with Crippen LogP contribution in [0.3, 0.4) is 0 Å². The molecule has 0 aliphatic rings. The molecular weight excluding hydrogens is 245 g/mol. The minimum Gasteiger partial charge on any atom is -0.396 e. The Morgan fingerprint density at radius 2 is 1.94 bits per heavy atom. The van der Waals surface area contributed by atoms with E-state index in [1.54, 1.807) is 6.07 Å². The van der Waals surface area contributed by atoms with Crippen molar-refractivity contribution in [2.45, 2.75) is 32.4 Å². The number of hydrogen-bond acceptors (Lipinski definition) is 2. The van der Waals surface area contributed by atoms with Crippen LogP contribution in [0.15, 0.2) is 18.2 Å². The minimum absolute atomic E-state index is 0.0825. The van der Waals surface area contributed by atoms with Crippen LogP contribution in [0.4, 0.5) is 0 Å². The standard InChI is InChI=1S/C12H17Cl2NO/c1-12(2,5-6-16)15-8-9-3-4-10(13)11(14)7-9/h3-4,7,15-16H,5-6,8H2,1-2H3. The van der Waals surface area contributed by atoms with Gasteiger partial charge in [0.05, 0.1) is 10.0 Å². The zero-order valence-corrected chi connectivity index (χ0v) is 11.1. The summed E-state index contributed by atoms with van der Waals surface area (Å²) in [6.45, 7) is 5.01. The Hall–Kier alpha value is -0.280. The second-order valence-corrected chi connectivity index (χ2v) is 5.27. The summed E-state index contributed by atoms with van der Waals surface area (Å²) in [4.78, 5) is 0. The van der Waals surface area contributed by atoms with Gasteiger partial charge in [0.25, 0.3) is 0 Å². The van der Waals surface area contributed by atoms with Gasteiger partial charge < -0.3 is 10.4 Å². The first-order valence-corrected chi connectivity index (χ1v) is 6.00. The molecule has 2 nitrogen and oxygen atoms in total. The van der Waals surface area contributed by atoms with Crippen LogP contribution in [0.2, 0.25) is 10.0 Å². The van der Waals surface area contributed by atoms with E-state index in [9.17, 15) is 0 Å². The van der Waals surface area contributed by atoms with E-state index in [1.807, 2.05) is 12.1 Å². The molecule has 0 saturated heterocycles. The Morgan fingerprint density at radius 1 is 1.25 bits per heavy atom. The highest BCUT2D eigenvalue weighted by Gasteiger charge is 2.15. The number of benzene rings is 1. The summed E-state index contributed by atoms with van der Waals surface area (Å²) in [6.07, 6.45) is 0.717. The van der Waals surface area contributed by atoms with Crippen LogP contribution in [-0.4, -0.2) is 17.3 Å². The Morgan fingerprint density at radius 3 is 2.50 bits per heavy atom. The van der Waals surface area contributed by atoms with Gasteiger partial charge in [0, 0.05) is 18.7 Å². The quantitative estimate of drug-likeness (QED) is 0.853. The first-order chi connectivity index (χ1) is 7.44. The zero-order chi connectivity index (χ0) is 12.2. The lowest BCUT2D eigenvalue weighted by Crippen LogP contribution is -2.39. The molecule has 0 fully saturated rings. The SMILES string of the molecule is CC(C)(CCO)NCc1ccc(Cl)c(Cl)c1. The number of halogens is 2. The zero-order valence-electron chi connectivity index (χ0n) is 9.56. The largest absolute Gasteiger partial charge is 0.396 e. The Labute approximate surface area is 107 Å². The number of aliphatic hydroxyl groups excluding tert-OH is 1. The molecule has 0 radical (unpaired) electrons. The molecule has 1 rings (SSSR count). The second-order valence-electron chi connectivity index (χ2n) is 4.46. The smallest absolute Gasteiger partial charge is 0.0595 e. The summed E-state index contributed by atoms with van der Waals surface area (Å²) in [7, 11) is 0. The topological polar surface area (TPSA) is 32.3 Å². The van der Waals surface area contributed by atoms with Gasteiger partial charge in [0.2, 0.25) is 0 Å². The van der Waals surface area contributed by atoms with E-state index in [1.165, 1.54) is 0 Å². The van der Waals surface area contributed by atoms with E-state index in [0.717, 1.165) is 5.56 Å². The van der Waals surface area contributed by atoms with Gasteiger partial charge in [0.15, 0.2) is 0 Å². The number of aliphatic hydroxyl groups is 1. The van der Waals surface area contributed by atoms with Gasteiger partial charge in [-0.1, -0.05) is 29.3 Å². The molecule has 0 amide bonds. The van der Waals surface area contributed by atoms with Crippen molar-refractivity contribution < 1.29 is 5.11 Å². The number of nitrogens with one attached hydrogen (secondary N) is 1. The summed E-state index contributed by atoms with van der Waals surface area (Å²) >= 11 is 11.8. The maximum absolute atomic E-state index is 8.90. The summed E-state index contributed by atoms with van der Waals surface area (Å²) < 4.78 is 0. The molecule has 2 N–H and O–H groups in total. The summed E-state index contributed by atoms with van der Waals surface area (Å²) in [5, 5.41) is 13.4. The van der Waals surface area contributed by atoms with Crippen molar-refractivity contribution in [3.8, 4) is 0 Å². The van der Waals surface area contributed by atoms with E-state index >= 15 is 0 Å². The first kappa shape index (κ1) is 13.8. The third kappa shape index (κ3) is 4.30. The van der Waals surface area contributed by atoms with Crippen LogP contribution in [0, 0.1) is 0 Å². The fourth-order valence-corrected chi connectivity index (χ4v) is 1.68. The molecule has 0 aliphatic carbocycles. The van der Waals surface area contributed by atoms with Gasteiger partial charge in [-0.3, -0.25) is 0 Å². The molecule has 1 aromatic rings. The van der Waals surface area contributed by atoms with Crippen molar-refractivity contribution >= 4 is 23.2 Å². The van der Waals surface area contributed by atoms with Gasteiger partial charge in [-0.2, -0.15) is 0 Å². The Bertz CT molecular complexity index is 353. The van der Waals surface area contributed by atoms with E-state index in [0.29, 0.717) is 23.0 Å². The summed E-state index contributed by atoms with van der Waals surface area (Å²) in [5.41, 5.74) is 1.00. The van der Waals surface area contributed by atoms with Crippen molar-refractivity contribution in [3.05, 3.63) is 33.8 Å². The molecule has 4 heteroatoms. The van der Waals surface area contributed by atoms with Crippen LogP contribution in [0.5, 0.6) is 0 Å². The molecule has 0 aliphatic heterocycles. The molecule has 0 saturated carbocycles. The van der Waals surface area contributed by atoms with Crippen molar-refractivity contribution in [1.29, 1.82) is 0 Å². The van der Waals surface area contributed by atoms with E-state index in [4.69, 9.17) is 28.3 Å². The lowest BCUT2D eigenvalue weighted by Gasteiger charge is -2.25. The fraction of sp³-hybridized carbons (Fsp3) is 0.500. The van der Waals surface area contributed by atoms with E-state index in [2.05, 4.69) is 19.2 Å². The highest BCUT2D eigenvalue weighted by molar-refractivity contribution is 6.42. The van der Waals surface area contributed by atoms with Crippen molar-refractivity contribution in [2.24, 2.45) is 0 Å². The maximum atomic E-state index is 8.90. The van der Waals surface area contributed by atoms with E-state index in [-0.39, 0.29) is 12.1 Å². The summed E-state index contributed by atoms with van der Waals surface area (Å²) in [5.74, 6) is 0. The minimum atomic E-state index is -0.0825. The Kier molecular flexibility index (Phi) is 5.06. The van der Waals surface area contributed by atoms with Gasteiger partial charge in [-0.25, -0.2) is 0 Å². The molecule has 0 atom stereocenters. The van der Waals surface area contributed by atoms with Crippen LogP contribution in [-0.2, 0) is 6.54 Å². The fourth-order valence-electron chi connectivity index (χ4n) is 1.36. The van der Waals surface area contributed by atoms with E-state index < -0.39 is 0 Å². The number of hydrogen-bond donors (Lipinski definition) is 2. The van der Waals surface area contributed by atoms with Crippen LogP contribution >= 0.6 is 23.2 Å². The molecular formula is C12H17Cl2NO. The van der Waals surface area contributed by atoms with Gasteiger partial charge in [0.1, 0.15) is 0 Å². The van der Waals surface area contributed by atoms with Crippen LogP contribution < -0.4 is 5.32 Å². The monoisotopic (exact) mass is 261 g/mol. The van der Waals surface area contributed by atoms with Crippen LogP contribution in [0.1, 0.15) is 25.8 Å². The summed E-state index contributed by atoms with van der Waals surface area (Å²) in [6, 6.07) is 5.59. The lowest BCUT2D eigenvalue weighted by molar-refractivity contribution is 0.230. The molecule has 0 spiro atoms. The first-order valence-electron chi connectivity index (χ1n) is 5.24. The average molecular weight is 262 g/mol. The van der Waals surface area contributed by atoms with Gasteiger partial charge in [-0.05, 0) is 38.0 Å². The molecule has 0 unspecified atom stereocenters. The normalized spacial score (nSPS) is 11.8. The third-order valence-electron chi connectivity index (χ3n) is 2.49. The number of rotatable bonds is 5. The molecule has 0 bridgehead atoms.